The summed E-state index contributed by atoms with van der Waals surface area (Å²) < 4.78 is 0. The minimum Gasteiger partial charge on any atom is -0.362 e. The molecule has 0 aromatic heterocycles. The molecule has 0 heterocycles. The first-order valence-electron chi connectivity index (χ1n) is 6.14. The Balaban J connectivity index is 2.87. The monoisotopic (exact) mass is 290 g/mol. The van der Waals surface area contributed by atoms with Crippen LogP contribution in [0, 0.1) is 15.8 Å². The molecule has 1 aromatic rings. The van der Waals surface area contributed by atoms with E-state index in [9.17, 15) is 9.59 Å². The smallest absolute Gasteiger partial charge is 0.339 e. The molecule has 0 saturated heterocycles. The number of hydrogen-bond acceptors (Lipinski definition) is 5. The van der Waals surface area contributed by atoms with E-state index in [1.165, 1.54) is 18.2 Å². The fourth-order valence-corrected chi connectivity index (χ4v) is 2.43. The maximum atomic E-state index is 12.6. The number of fused-ring (bicyclic) bond motifs is 1. The van der Waals surface area contributed by atoms with E-state index >= 15 is 0 Å². The number of nitrogens with zero attached hydrogens (tertiary/aromatic N) is 6. The molecule has 8 nitrogen and oxygen atoms in total. The van der Waals surface area contributed by atoms with Crippen LogP contribution in [0.5, 0.6) is 0 Å². The van der Waals surface area contributed by atoms with Gasteiger partial charge in [0.1, 0.15) is 0 Å². The largest absolute Gasteiger partial charge is 0.362 e. The van der Waals surface area contributed by atoms with E-state index in [-0.39, 0.29) is 32.0 Å². The lowest BCUT2D eigenvalue weighted by Crippen LogP contribution is -2.33. The van der Waals surface area contributed by atoms with Gasteiger partial charge < -0.3 is 10.6 Å². The zero-order valence-electron chi connectivity index (χ0n) is 11.0. The molecule has 3 rings (SSSR count). The maximum Gasteiger partial charge on any atom is 0.339 e. The van der Waals surface area contributed by atoms with E-state index in [0.29, 0.717) is 5.39 Å². The van der Waals surface area contributed by atoms with Gasteiger partial charge >= 0.3 is 5.08 Å². The molecule has 0 bridgehead atoms. The highest BCUT2D eigenvalue weighted by molar-refractivity contribution is 5.82. The van der Waals surface area contributed by atoms with Gasteiger partial charge in [-0.2, -0.15) is 0 Å². The Bertz CT molecular complexity index is 1250. The lowest BCUT2D eigenvalue weighted by molar-refractivity contribution is 1.06. The van der Waals surface area contributed by atoms with Gasteiger partial charge in [0.25, 0.3) is 5.39 Å². The molecule has 1 aromatic carbocycles. The third-order valence-electron chi connectivity index (χ3n) is 3.34. The van der Waals surface area contributed by atoms with Gasteiger partial charge in [0.15, 0.2) is 21.3 Å². The number of rotatable bonds is 1. The molecule has 0 N–H and O–H groups in total. The van der Waals surface area contributed by atoms with Gasteiger partial charge in [0.05, 0.1) is 5.22 Å². The second kappa shape index (κ2) is 5.06. The van der Waals surface area contributed by atoms with Gasteiger partial charge in [-0.1, -0.05) is 30.3 Å². The van der Waals surface area contributed by atoms with E-state index in [2.05, 4.69) is 20.5 Å². The van der Waals surface area contributed by atoms with Gasteiger partial charge in [-0.3, -0.25) is 14.8 Å². The Hall–Kier alpha value is -3.60. The van der Waals surface area contributed by atoms with Crippen LogP contribution in [0.2, 0.25) is 0 Å². The van der Waals surface area contributed by atoms with E-state index < -0.39 is 5.43 Å². The number of diazo groups is 1. The molecule has 0 unspecified atom stereocenters. The molecule has 2 aliphatic rings. The van der Waals surface area contributed by atoms with E-state index in [0.717, 1.165) is 0 Å². The summed E-state index contributed by atoms with van der Waals surface area (Å²) in [6.45, 7) is 0. The topological polar surface area (TPSA) is 122 Å². The molecule has 22 heavy (non-hydrogen) atoms. The molecule has 0 amide bonds. The SMILES string of the molecule is N#[N+]N=c1c(=NN=[N-])ccc2c(=O)c3ccccc3c(=O)c1=2. The molecule has 104 valence electrons. The quantitative estimate of drug-likeness (QED) is 0.371. The first kappa shape index (κ1) is 13.4. The van der Waals surface area contributed by atoms with Crippen molar-refractivity contribution < 1.29 is 0 Å². The highest BCUT2D eigenvalue weighted by atomic mass is 16.1. The number of hydrogen-bond donors (Lipinski definition) is 0. The van der Waals surface area contributed by atoms with Crippen LogP contribution in [0.25, 0.3) is 21.4 Å². The predicted octanol–water partition coefficient (Wildman–Crippen LogP) is 0.667. The summed E-state index contributed by atoms with van der Waals surface area (Å²) in [7, 11) is 0. The van der Waals surface area contributed by atoms with Crippen molar-refractivity contribution in [3.8, 4) is 0 Å². The molecular weight excluding hydrogens is 284 g/mol. The Morgan fingerprint density at radius 1 is 1.00 bits per heavy atom. The minimum absolute atomic E-state index is 0.000388. The van der Waals surface area contributed by atoms with Crippen molar-refractivity contribution in [3.63, 3.8) is 0 Å². The van der Waals surface area contributed by atoms with E-state index in [4.69, 9.17) is 10.9 Å². The van der Waals surface area contributed by atoms with Gasteiger partial charge in [-0.15, -0.1) is 0 Å². The Kier molecular flexibility index (Phi) is 3.08. The van der Waals surface area contributed by atoms with Crippen LogP contribution >= 0.6 is 0 Å². The van der Waals surface area contributed by atoms with Gasteiger partial charge in [-0.25, -0.2) is 0 Å². The Morgan fingerprint density at radius 3 is 2.32 bits per heavy atom. The summed E-state index contributed by atoms with van der Waals surface area (Å²) in [4.78, 5) is 25.1. The van der Waals surface area contributed by atoms with Crippen LogP contribution in [-0.2, 0) is 0 Å². The summed E-state index contributed by atoms with van der Waals surface area (Å²) in [6, 6.07) is 9.14. The molecule has 0 spiro atoms. The molecule has 8 heteroatoms. The lowest BCUT2D eigenvalue weighted by atomic mass is 10.0. The molecule has 0 saturated carbocycles. The zero-order chi connectivity index (χ0) is 15.7. The summed E-state index contributed by atoms with van der Waals surface area (Å²) in [6.07, 6.45) is 0. The average molecular weight is 290 g/mol. The lowest BCUT2D eigenvalue weighted by Gasteiger charge is -1.98. The second-order valence-electron chi connectivity index (χ2n) is 4.44. The summed E-state index contributed by atoms with van der Waals surface area (Å²) in [5.41, 5.74) is 7.78. The highest BCUT2D eigenvalue weighted by Gasteiger charge is 2.10. The molecule has 0 fully saturated rings. The average Bonchev–Trinajstić information content (AvgIpc) is 2.54. The van der Waals surface area contributed by atoms with Crippen LogP contribution in [0.3, 0.4) is 0 Å². The second-order valence-corrected chi connectivity index (χ2v) is 4.44. The van der Waals surface area contributed by atoms with Gasteiger partial charge in [0.2, 0.25) is 0 Å². The van der Waals surface area contributed by atoms with Crippen molar-refractivity contribution in [2.75, 3.05) is 0 Å². The van der Waals surface area contributed by atoms with Crippen LogP contribution in [-0.4, -0.2) is 0 Å². The normalized spacial score (nSPS) is 12.7. The third kappa shape index (κ3) is 1.81. The van der Waals surface area contributed by atoms with Crippen molar-refractivity contribution >= 4 is 10.8 Å². The van der Waals surface area contributed by atoms with Crippen LogP contribution < -0.4 is 21.6 Å². The minimum atomic E-state index is -0.442. The summed E-state index contributed by atoms with van der Waals surface area (Å²) >= 11 is 0. The van der Waals surface area contributed by atoms with Gasteiger partial charge in [0, 0.05) is 21.3 Å². The molecule has 0 radical (unpaired) electrons. The van der Waals surface area contributed by atoms with E-state index in [1.807, 2.05) is 0 Å². The first-order valence-corrected chi connectivity index (χ1v) is 6.14. The fraction of sp³-hybridized carbons (Fsp3) is 0. The van der Waals surface area contributed by atoms with Crippen molar-refractivity contribution in [1.82, 2.24) is 0 Å². The molecular formula is C14H6N6O2. The Labute approximate surface area is 121 Å². The van der Waals surface area contributed by atoms with Crippen molar-refractivity contribution in [3.05, 3.63) is 88.6 Å². The third-order valence-corrected chi connectivity index (χ3v) is 3.34. The highest BCUT2D eigenvalue weighted by Crippen LogP contribution is 2.04. The van der Waals surface area contributed by atoms with Crippen molar-refractivity contribution in [2.45, 2.75) is 0 Å². The van der Waals surface area contributed by atoms with Crippen LogP contribution in [0.1, 0.15) is 0 Å². The van der Waals surface area contributed by atoms with Crippen molar-refractivity contribution in [2.24, 2.45) is 15.4 Å². The molecule has 0 atom stereocenters. The summed E-state index contributed by atoms with van der Waals surface area (Å²) in [5, 5.41) is 21.3. The Morgan fingerprint density at radius 2 is 1.68 bits per heavy atom. The predicted molar refractivity (Wildman–Crippen MR) is 76.2 cm³/mol. The van der Waals surface area contributed by atoms with Crippen LogP contribution in [0.4, 0.5) is 0 Å². The standard InChI is InChI=1S/C14H6N6O2/c15-19-17-10-6-5-9-11(12(10)18-20-16)14(22)8-4-2-1-3-7(8)13(9)21/h1-6H. The molecule has 2 aliphatic carbocycles. The van der Waals surface area contributed by atoms with Crippen LogP contribution in [0.15, 0.2) is 61.4 Å². The van der Waals surface area contributed by atoms with Gasteiger partial charge in [-0.05, 0) is 6.07 Å². The first-order chi connectivity index (χ1) is 10.7. The number of benzene rings is 1. The fourth-order valence-electron chi connectivity index (χ4n) is 2.43. The summed E-state index contributed by atoms with van der Waals surface area (Å²) in [5.74, 6) is 0. The maximum absolute atomic E-state index is 12.6. The van der Waals surface area contributed by atoms with Crippen molar-refractivity contribution in [1.29, 1.82) is 5.39 Å². The van der Waals surface area contributed by atoms with E-state index in [1.54, 1.807) is 18.2 Å². The zero-order valence-corrected chi connectivity index (χ0v) is 11.0. The molecule has 0 aliphatic heterocycles.